The molecule has 2 aromatic carbocycles. The average molecular weight is 307 g/mol. The van der Waals surface area contributed by atoms with E-state index in [4.69, 9.17) is 11.6 Å². The first kappa shape index (κ1) is 13.7. The van der Waals surface area contributed by atoms with Crippen molar-refractivity contribution in [3.63, 3.8) is 0 Å². The Morgan fingerprint density at radius 2 is 1.86 bits per heavy atom. The number of halogens is 3. The molecule has 3 aromatic rings. The summed E-state index contributed by atoms with van der Waals surface area (Å²) in [6.07, 6.45) is -0.0742. The lowest BCUT2D eigenvalue weighted by Gasteiger charge is -2.00. The summed E-state index contributed by atoms with van der Waals surface area (Å²) in [6, 6.07) is 7.85. The molecule has 0 saturated carbocycles. The van der Waals surface area contributed by atoms with Crippen molar-refractivity contribution < 1.29 is 13.6 Å². The molecule has 1 N–H and O–H groups in total. The predicted octanol–water partition coefficient (Wildman–Crippen LogP) is 3.92. The number of benzene rings is 2. The van der Waals surface area contributed by atoms with Crippen molar-refractivity contribution in [1.82, 2.24) is 9.97 Å². The van der Waals surface area contributed by atoms with Crippen LogP contribution < -0.4 is 0 Å². The Morgan fingerprint density at radius 1 is 1.14 bits per heavy atom. The lowest BCUT2D eigenvalue weighted by atomic mass is 10.1. The molecule has 3 nitrogen and oxygen atoms in total. The Balaban J connectivity index is 1.88. The number of nitrogens with one attached hydrogen (secondary N) is 1. The lowest BCUT2D eigenvalue weighted by Crippen LogP contribution is -2.06. The summed E-state index contributed by atoms with van der Waals surface area (Å²) in [7, 11) is 0. The third kappa shape index (κ3) is 2.92. The van der Waals surface area contributed by atoms with E-state index in [2.05, 4.69) is 9.97 Å². The van der Waals surface area contributed by atoms with E-state index in [0.717, 1.165) is 18.2 Å². The van der Waals surface area contributed by atoms with Crippen molar-refractivity contribution in [2.75, 3.05) is 0 Å². The van der Waals surface area contributed by atoms with Gasteiger partial charge in [-0.3, -0.25) is 4.79 Å². The number of carbonyl (C=O) groups excluding carboxylic acids is 1. The first-order chi connectivity index (χ1) is 10.0. The molecule has 0 spiro atoms. The van der Waals surface area contributed by atoms with Crippen LogP contribution in [-0.2, 0) is 6.42 Å². The molecule has 1 aromatic heterocycles. The van der Waals surface area contributed by atoms with Gasteiger partial charge in [-0.25, -0.2) is 13.8 Å². The number of nitrogens with zero attached hydrogens (tertiary/aromatic N) is 1. The van der Waals surface area contributed by atoms with Crippen molar-refractivity contribution in [2.24, 2.45) is 0 Å². The van der Waals surface area contributed by atoms with Crippen LogP contribution >= 0.6 is 11.6 Å². The van der Waals surface area contributed by atoms with Crippen molar-refractivity contribution in [3.05, 3.63) is 64.4 Å². The van der Waals surface area contributed by atoms with E-state index in [1.807, 2.05) is 0 Å². The summed E-state index contributed by atoms with van der Waals surface area (Å²) in [4.78, 5) is 19.2. The molecule has 106 valence electrons. The Kier molecular flexibility index (Phi) is 3.43. The second kappa shape index (κ2) is 5.26. The second-order valence-electron chi connectivity index (χ2n) is 4.60. The highest BCUT2D eigenvalue weighted by atomic mass is 35.5. The number of rotatable bonds is 3. The molecule has 21 heavy (non-hydrogen) atoms. The van der Waals surface area contributed by atoms with Crippen LogP contribution in [0.15, 0.2) is 36.4 Å². The Hall–Kier alpha value is -2.27. The number of imidazole rings is 1. The SMILES string of the molecule is O=C(Cc1nc2ccc(Cl)cc2[nH]1)c1cc(F)cc(F)c1. The fourth-order valence-corrected chi connectivity index (χ4v) is 2.26. The summed E-state index contributed by atoms with van der Waals surface area (Å²) in [5.74, 6) is -1.56. The van der Waals surface area contributed by atoms with Crippen LogP contribution in [0, 0.1) is 11.6 Å². The van der Waals surface area contributed by atoms with Crippen LogP contribution in [0.3, 0.4) is 0 Å². The van der Waals surface area contributed by atoms with Gasteiger partial charge in [0.2, 0.25) is 0 Å². The van der Waals surface area contributed by atoms with Crippen molar-refractivity contribution >= 4 is 28.4 Å². The fourth-order valence-electron chi connectivity index (χ4n) is 2.09. The first-order valence-corrected chi connectivity index (χ1v) is 6.52. The largest absolute Gasteiger partial charge is 0.342 e. The van der Waals surface area contributed by atoms with Gasteiger partial charge in [0.25, 0.3) is 0 Å². The molecular formula is C15H9ClF2N2O. The van der Waals surface area contributed by atoms with E-state index in [9.17, 15) is 13.6 Å². The van der Waals surface area contributed by atoms with Gasteiger partial charge in [-0.15, -0.1) is 0 Å². The topological polar surface area (TPSA) is 45.8 Å². The van der Waals surface area contributed by atoms with Gasteiger partial charge in [0.15, 0.2) is 5.78 Å². The van der Waals surface area contributed by atoms with Crippen LogP contribution in [0.5, 0.6) is 0 Å². The average Bonchev–Trinajstić information content (AvgIpc) is 2.78. The highest BCUT2D eigenvalue weighted by molar-refractivity contribution is 6.31. The van der Waals surface area contributed by atoms with Gasteiger partial charge in [-0.2, -0.15) is 0 Å². The number of carbonyl (C=O) groups is 1. The predicted molar refractivity (Wildman–Crippen MR) is 75.5 cm³/mol. The molecule has 1 heterocycles. The molecule has 0 radical (unpaired) electrons. The first-order valence-electron chi connectivity index (χ1n) is 6.15. The van der Waals surface area contributed by atoms with Crippen LogP contribution in [0.25, 0.3) is 11.0 Å². The van der Waals surface area contributed by atoms with E-state index >= 15 is 0 Å². The van der Waals surface area contributed by atoms with E-state index in [1.54, 1.807) is 18.2 Å². The normalized spacial score (nSPS) is 11.0. The Bertz CT molecular complexity index is 825. The minimum Gasteiger partial charge on any atom is -0.342 e. The quantitative estimate of drug-likeness (QED) is 0.745. The zero-order valence-electron chi connectivity index (χ0n) is 10.7. The third-order valence-corrected chi connectivity index (χ3v) is 3.24. The van der Waals surface area contributed by atoms with Gasteiger partial charge >= 0.3 is 0 Å². The molecular weight excluding hydrogens is 298 g/mol. The number of fused-ring (bicyclic) bond motifs is 1. The molecule has 0 aliphatic heterocycles. The second-order valence-corrected chi connectivity index (χ2v) is 5.04. The minimum atomic E-state index is -0.783. The number of ketones is 1. The monoisotopic (exact) mass is 306 g/mol. The molecule has 0 saturated heterocycles. The van der Waals surface area contributed by atoms with Gasteiger partial charge < -0.3 is 4.98 Å². The lowest BCUT2D eigenvalue weighted by molar-refractivity contribution is 0.0990. The molecule has 0 aliphatic rings. The van der Waals surface area contributed by atoms with E-state index < -0.39 is 17.4 Å². The summed E-state index contributed by atoms with van der Waals surface area (Å²) in [6.45, 7) is 0. The van der Waals surface area contributed by atoms with Crippen molar-refractivity contribution in [3.8, 4) is 0 Å². The highest BCUT2D eigenvalue weighted by Crippen LogP contribution is 2.18. The molecule has 6 heteroatoms. The molecule has 0 amide bonds. The van der Waals surface area contributed by atoms with E-state index in [-0.39, 0.29) is 12.0 Å². The number of aromatic amines is 1. The zero-order valence-corrected chi connectivity index (χ0v) is 11.4. The maximum Gasteiger partial charge on any atom is 0.170 e. The number of aromatic nitrogens is 2. The van der Waals surface area contributed by atoms with E-state index in [0.29, 0.717) is 21.9 Å². The van der Waals surface area contributed by atoms with Crippen LogP contribution in [-0.4, -0.2) is 15.8 Å². The number of hydrogen-bond acceptors (Lipinski definition) is 2. The zero-order chi connectivity index (χ0) is 15.0. The maximum absolute atomic E-state index is 13.1. The van der Waals surface area contributed by atoms with Gasteiger partial charge in [-0.1, -0.05) is 11.6 Å². The molecule has 0 bridgehead atoms. The van der Waals surface area contributed by atoms with Crippen LogP contribution in [0.4, 0.5) is 8.78 Å². The standard InChI is InChI=1S/C15H9ClF2N2O/c16-9-1-2-12-13(5-9)20-15(19-12)7-14(21)8-3-10(17)6-11(18)4-8/h1-6H,7H2,(H,19,20). The summed E-state index contributed by atoms with van der Waals surface area (Å²) in [5, 5.41) is 0.552. The summed E-state index contributed by atoms with van der Waals surface area (Å²) >= 11 is 5.87. The molecule has 0 unspecified atom stereocenters. The van der Waals surface area contributed by atoms with Crippen molar-refractivity contribution in [2.45, 2.75) is 6.42 Å². The maximum atomic E-state index is 13.1. The summed E-state index contributed by atoms with van der Waals surface area (Å²) in [5.41, 5.74) is 1.36. The fraction of sp³-hybridized carbons (Fsp3) is 0.0667. The van der Waals surface area contributed by atoms with E-state index in [1.165, 1.54) is 0 Å². The molecule has 3 rings (SSSR count). The molecule has 0 aliphatic carbocycles. The smallest absolute Gasteiger partial charge is 0.170 e. The summed E-state index contributed by atoms with van der Waals surface area (Å²) < 4.78 is 26.2. The molecule has 0 atom stereocenters. The van der Waals surface area contributed by atoms with Crippen LogP contribution in [0.1, 0.15) is 16.2 Å². The highest BCUT2D eigenvalue weighted by Gasteiger charge is 2.13. The van der Waals surface area contributed by atoms with Gasteiger partial charge in [-0.05, 0) is 30.3 Å². The molecule has 0 fully saturated rings. The van der Waals surface area contributed by atoms with Gasteiger partial charge in [0.05, 0.1) is 17.5 Å². The minimum absolute atomic E-state index is 0.0222. The number of Topliss-reactive ketones (excluding diaryl/α,β-unsaturated/α-hetero) is 1. The van der Waals surface area contributed by atoms with Gasteiger partial charge in [0, 0.05) is 16.7 Å². The Labute approximate surface area is 123 Å². The number of hydrogen-bond donors (Lipinski definition) is 1. The Morgan fingerprint density at radius 3 is 2.57 bits per heavy atom. The third-order valence-electron chi connectivity index (χ3n) is 3.01. The number of H-pyrrole nitrogens is 1. The van der Waals surface area contributed by atoms with Crippen molar-refractivity contribution in [1.29, 1.82) is 0 Å². The van der Waals surface area contributed by atoms with Gasteiger partial charge in [0.1, 0.15) is 17.5 Å². The van der Waals surface area contributed by atoms with Crippen LogP contribution in [0.2, 0.25) is 5.02 Å².